The van der Waals surface area contributed by atoms with Crippen LogP contribution in [0.2, 0.25) is 0 Å². The Morgan fingerprint density at radius 3 is 2.39 bits per heavy atom. The zero-order chi connectivity index (χ0) is 29.9. The van der Waals surface area contributed by atoms with E-state index < -0.39 is 47.3 Å². The number of hydrogen-bond donors (Lipinski definition) is 3. The highest BCUT2D eigenvalue weighted by Crippen LogP contribution is 2.15. The first kappa shape index (κ1) is 31.5. The lowest BCUT2D eigenvalue weighted by molar-refractivity contribution is -0.141. The van der Waals surface area contributed by atoms with Crippen molar-refractivity contribution >= 4 is 23.6 Å². The number of carbonyl (C=O) groups excluding carboxylic acids is 4. The van der Waals surface area contributed by atoms with E-state index in [-0.39, 0.29) is 50.8 Å². The van der Waals surface area contributed by atoms with Crippen molar-refractivity contribution in [2.75, 3.05) is 33.4 Å². The van der Waals surface area contributed by atoms with E-state index in [4.69, 9.17) is 9.47 Å². The van der Waals surface area contributed by atoms with Gasteiger partial charge in [-0.2, -0.15) is 0 Å². The van der Waals surface area contributed by atoms with Gasteiger partial charge >= 0.3 is 0 Å². The molecule has 0 saturated carbocycles. The maximum absolute atomic E-state index is 13.6. The fraction of sp³-hybridized carbons (Fsp3) is 0.448. The standard InChI is InChI=1S/C29H36F2N4O6/c1-18(2)10-25-29(39)35(8-9-40-3)16-26(36)33-24(28(38)32-15-20-11-21(30)14-22(31)12-20)13-19-4-6-23(7-5-19)41-17-27(37)34-25/h4-7,11-12,14,18,24-25H,8-10,13,15-17H2,1-3H3,(H,32,38)(H,33,36)(H,34,37)/t24-,25+/m1/s1. The number of benzene rings is 2. The zero-order valence-corrected chi connectivity index (χ0v) is 23.4. The van der Waals surface area contributed by atoms with Crippen molar-refractivity contribution in [1.82, 2.24) is 20.9 Å². The molecule has 0 fully saturated rings. The summed E-state index contributed by atoms with van der Waals surface area (Å²) in [5, 5.41) is 8.01. The van der Waals surface area contributed by atoms with E-state index in [0.29, 0.717) is 17.7 Å². The molecule has 0 unspecified atom stereocenters. The van der Waals surface area contributed by atoms with Crippen molar-refractivity contribution in [2.45, 2.75) is 45.3 Å². The zero-order valence-electron chi connectivity index (χ0n) is 23.4. The first-order valence-electron chi connectivity index (χ1n) is 13.3. The molecule has 2 aliphatic heterocycles. The lowest BCUT2D eigenvalue weighted by Gasteiger charge is -2.29. The maximum Gasteiger partial charge on any atom is 0.258 e. The Morgan fingerprint density at radius 2 is 1.76 bits per heavy atom. The van der Waals surface area contributed by atoms with E-state index in [1.54, 1.807) is 24.3 Å². The predicted molar refractivity (Wildman–Crippen MR) is 146 cm³/mol. The van der Waals surface area contributed by atoms with Gasteiger partial charge in [-0.25, -0.2) is 8.78 Å². The van der Waals surface area contributed by atoms with Crippen molar-refractivity contribution in [3.05, 3.63) is 65.2 Å². The van der Waals surface area contributed by atoms with E-state index in [9.17, 15) is 28.0 Å². The number of fused-ring (bicyclic) bond motifs is 13. The highest BCUT2D eigenvalue weighted by atomic mass is 19.1. The number of amides is 4. The second-order valence-corrected chi connectivity index (χ2v) is 10.3. The normalized spacial score (nSPS) is 18.6. The fourth-order valence-corrected chi connectivity index (χ4v) is 4.37. The number of nitrogens with one attached hydrogen (secondary N) is 3. The molecule has 0 spiro atoms. The Morgan fingerprint density at radius 1 is 1.07 bits per heavy atom. The lowest BCUT2D eigenvalue weighted by Crippen LogP contribution is -2.55. The van der Waals surface area contributed by atoms with Crippen LogP contribution in [0.4, 0.5) is 8.78 Å². The van der Waals surface area contributed by atoms with Crippen LogP contribution in [0.25, 0.3) is 0 Å². The molecule has 10 nitrogen and oxygen atoms in total. The van der Waals surface area contributed by atoms with E-state index in [0.717, 1.165) is 18.2 Å². The monoisotopic (exact) mass is 574 g/mol. The van der Waals surface area contributed by atoms with Gasteiger partial charge in [0, 0.05) is 32.7 Å². The molecule has 0 radical (unpaired) electrons. The maximum atomic E-state index is 13.6. The molecule has 4 amide bonds. The van der Waals surface area contributed by atoms with Gasteiger partial charge < -0.3 is 30.3 Å². The molecule has 2 aliphatic rings. The van der Waals surface area contributed by atoms with Crippen molar-refractivity contribution in [2.24, 2.45) is 5.92 Å². The number of hydrogen-bond acceptors (Lipinski definition) is 6. The SMILES string of the molecule is COCCN1CC(=O)N[C@@H](C(=O)NCc2cc(F)cc(F)c2)Cc2ccc(cc2)OCC(=O)N[C@@H](CC(C)C)C1=O. The summed E-state index contributed by atoms with van der Waals surface area (Å²) >= 11 is 0. The summed E-state index contributed by atoms with van der Waals surface area (Å²) in [6.45, 7) is 3.17. The van der Waals surface area contributed by atoms with E-state index in [2.05, 4.69) is 16.0 Å². The number of rotatable bonds is 8. The van der Waals surface area contributed by atoms with Crippen molar-refractivity contribution < 1.29 is 37.4 Å². The minimum absolute atomic E-state index is 0.0565. The largest absolute Gasteiger partial charge is 0.484 e. The lowest BCUT2D eigenvalue weighted by atomic mass is 10.0. The summed E-state index contributed by atoms with van der Waals surface area (Å²) in [7, 11) is 1.46. The molecule has 4 rings (SSSR count). The third-order valence-electron chi connectivity index (χ3n) is 6.33. The molecular formula is C29H36F2N4O6. The van der Waals surface area contributed by atoms with Crippen LogP contribution in [-0.2, 0) is 36.9 Å². The Hall–Kier alpha value is -4.06. The van der Waals surface area contributed by atoms with Crippen LogP contribution in [0.1, 0.15) is 31.4 Å². The second-order valence-electron chi connectivity index (χ2n) is 10.3. The van der Waals surface area contributed by atoms with Gasteiger partial charge in [-0.05, 0) is 47.7 Å². The van der Waals surface area contributed by atoms with E-state index in [1.165, 1.54) is 12.0 Å². The Kier molecular flexibility index (Phi) is 11.6. The van der Waals surface area contributed by atoms with Gasteiger partial charge in [0.05, 0.1) is 13.2 Å². The summed E-state index contributed by atoms with van der Waals surface area (Å²) in [6, 6.07) is 7.62. The average molecular weight is 575 g/mol. The molecule has 12 heteroatoms. The molecule has 3 N–H and O–H groups in total. The summed E-state index contributed by atoms with van der Waals surface area (Å²) in [5.74, 6) is -3.22. The molecule has 2 aromatic carbocycles. The third kappa shape index (κ3) is 10.1. The van der Waals surface area contributed by atoms with Crippen LogP contribution < -0.4 is 20.7 Å². The van der Waals surface area contributed by atoms with Gasteiger partial charge in [0.1, 0.15) is 29.5 Å². The van der Waals surface area contributed by atoms with Crippen LogP contribution in [0.5, 0.6) is 5.75 Å². The summed E-state index contributed by atoms with van der Waals surface area (Å²) in [4.78, 5) is 53.8. The first-order valence-corrected chi connectivity index (χ1v) is 13.3. The Labute approximate surface area is 237 Å². The van der Waals surface area contributed by atoms with Crippen molar-refractivity contribution in [3.63, 3.8) is 0 Å². The summed E-state index contributed by atoms with van der Waals surface area (Å²) < 4.78 is 37.9. The number of ether oxygens (including phenoxy) is 2. The quantitative estimate of drug-likeness (QED) is 0.412. The van der Waals surface area contributed by atoms with Crippen LogP contribution in [0.15, 0.2) is 42.5 Å². The van der Waals surface area contributed by atoms with Crippen LogP contribution in [-0.4, -0.2) is 74.0 Å². The fourth-order valence-electron chi connectivity index (χ4n) is 4.37. The van der Waals surface area contributed by atoms with Gasteiger partial charge in [0.15, 0.2) is 6.61 Å². The number of halogens is 2. The van der Waals surface area contributed by atoms with Gasteiger partial charge in [-0.1, -0.05) is 26.0 Å². The predicted octanol–water partition coefficient (Wildman–Crippen LogP) is 1.71. The number of nitrogens with zero attached hydrogens (tertiary/aromatic N) is 1. The number of methoxy groups -OCH3 is 1. The summed E-state index contributed by atoms with van der Waals surface area (Å²) in [6.07, 6.45) is 0.411. The van der Waals surface area contributed by atoms with Crippen LogP contribution in [0.3, 0.4) is 0 Å². The second kappa shape index (κ2) is 15.1. The van der Waals surface area contributed by atoms with Crippen LogP contribution in [0, 0.1) is 17.6 Å². The van der Waals surface area contributed by atoms with Gasteiger partial charge in [0.25, 0.3) is 5.91 Å². The van der Waals surface area contributed by atoms with Crippen LogP contribution >= 0.6 is 0 Å². The highest BCUT2D eigenvalue weighted by Gasteiger charge is 2.30. The van der Waals surface area contributed by atoms with Crippen molar-refractivity contribution in [3.8, 4) is 5.75 Å². The molecule has 222 valence electrons. The molecule has 0 aromatic heterocycles. The molecule has 0 aliphatic carbocycles. The molecule has 2 atom stereocenters. The Balaban J connectivity index is 1.87. The van der Waals surface area contributed by atoms with E-state index >= 15 is 0 Å². The smallest absolute Gasteiger partial charge is 0.258 e. The van der Waals surface area contributed by atoms with E-state index in [1.807, 2.05) is 13.8 Å². The molecule has 41 heavy (non-hydrogen) atoms. The molecule has 0 saturated heterocycles. The van der Waals surface area contributed by atoms with Gasteiger partial charge in [-0.3, -0.25) is 19.2 Å². The Bertz CT molecular complexity index is 1200. The van der Waals surface area contributed by atoms with Crippen molar-refractivity contribution in [1.29, 1.82) is 0 Å². The molecule has 2 aromatic rings. The van der Waals surface area contributed by atoms with Gasteiger partial charge in [-0.15, -0.1) is 0 Å². The molecule has 2 bridgehead atoms. The molecular weight excluding hydrogens is 538 g/mol. The number of carbonyl (C=O) groups is 4. The molecule has 2 heterocycles. The summed E-state index contributed by atoms with van der Waals surface area (Å²) in [5.41, 5.74) is 0.891. The third-order valence-corrected chi connectivity index (χ3v) is 6.33. The highest BCUT2D eigenvalue weighted by molar-refractivity contribution is 5.93. The minimum atomic E-state index is -1.06. The first-order chi connectivity index (χ1) is 19.5. The average Bonchev–Trinajstić information content (AvgIpc) is 2.91. The topological polar surface area (TPSA) is 126 Å². The van der Waals surface area contributed by atoms with Gasteiger partial charge in [0.2, 0.25) is 17.7 Å². The minimum Gasteiger partial charge on any atom is -0.484 e.